The maximum absolute atomic E-state index is 14.1. The number of benzene rings is 5. The number of aryl methyl sites for hydroxylation is 12. The molecule has 2 aliphatic heterocycles. The molecule has 0 N–H and O–H groups in total. The number of amides is 2. The van der Waals surface area contributed by atoms with Crippen molar-refractivity contribution in [1.82, 2.24) is 9.80 Å². The molecule has 0 saturated carbocycles. The van der Waals surface area contributed by atoms with Crippen LogP contribution in [0.1, 0.15) is 138 Å². The van der Waals surface area contributed by atoms with Crippen molar-refractivity contribution in [2.45, 2.75) is 121 Å². The predicted molar refractivity (Wildman–Crippen MR) is 238 cm³/mol. The van der Waals surface area contributed by atoms with Crippen LogP contribution in [0.15, 0.2) is 82.8 Å². The van der Waals surface area contributed by atoms with Crippen molar-refractivity contribution in [1.29, 1.82) is 0 Å². The zero-order valence-electron chi connectivity index (χ0n) is 36.8. The van der Waals surface area contributed by atoms with Crippen molar-refractivity contribution < 1.29 is 9.59 Å². The van der Waals surface area contributed by atoms with Crippen LogP contribution in [0, 0.1) is 83.1 Å². The van der Waals surface area contributed by atoms with Gasteiger partial charge >= 0.3 is 0 Å². The van der Waals surface area contributed by atoms with Gasteiger partial charge in [0.05, 0.1) is 12.1 Å². The Balaban J connectivity index is 1.45. The average Bonchev–Trinajstić information content (AvgIpc) is 3.67. The molecule has 0 fully saturated rings. The van der Waals surface area contributed by atoms with Gasteiger partial charge in [0.15, 0.2) is 0 Å². The van der Waals surface area contributed by atoms with Crippen molar-refractivity contribution in [3.05, 3.63) is 173 Å². The Hall–Kier alpha value is -5.62. The number of amidine groups is 2. The maximum atomic E-state index is 14.1. The van der Waals surface area contributed by atoms with Crippen LogP contribution in [0.4, 0.5) is 0 Å². The zero-order chi connectivity index (χ0) is 42.1. The lowest BCUT2D eigenvalue weighted by Gasteiger charge is -2.33. The molecule has 0 radical (unpaired) electrons. The van der Waals surface area contributed by atoms with E-state index in [4.69, 9.17) is 9.98 Å². The van der Waals surface area contributed by atoms with E-state index in [0.29, 0.717) is 11.7 Å². The molecule has 298 valence electrons. The molecule has 6 nitrogen and oxygen atoms in total. The lowest BCUT2D eigenvalue weighted by Crippen LogP contribution is -2.38. The average molecular weight is 771 g/mol. The molecule has 58 heavy (non-hydrogen) atoms. The first-order valence-corrected chi connectivity index (χ1v) is 20.5. The summed E-state index contributed by atoms with van der Waals surface area (Å²) in [5.74, 6) is 1.11. The summed E-state index contributed by atoms with van der Waals surface area (Å²) in [7, 11) is 0. The molecule has 0 aliphatic carbocycles. The Morgan fingerprint density at radius 2 is 0.672 bits per heavy atom. The molecule has 7 rings (SSSR count). The number of nitrogens with zero attached hydrogens (tertiary/aromatic N) is 4. The van der Waals surface area contributed by atoms with Crippen molar-refractivity contribution in [3.63, 3.8) is 0 Å². The fourth-order valence-electron chi connectivity index (χ4n) is 10.6. The molecule has 2 amide bonds. The standard InChI is InChI=1S/C52H58N4O2/c1-27-18-31(5)43(32(6)19-27)47-49(45-35(9)22-29(3)23-36(45)10)55(39(13)57)51(53-47)41-16-15-17-42(26-41)52-54-48(44-33(7)20-28(2)21-34(44)8)50(56(52)40(14)58)46-37(11)24-30(4)25-38(46)12/h15-26,47-50H,1-14H3/t47-,48-,49-,50-/m0/s1. The molecule has 0 spiro atoms. The summed E-state index contributed by atoms with van der Waals surface area (Å²) in [6.07, 6.45) is 0. The Morgan fingerprint density at radius 1 is 0.414 bits per heavy atom. The second-order valence-electron chi connectivity index (χ2n) is 17.3. The lowest BCUT2D eigenvalue weighted by atomic mass is 9.84. The second kappa shape index (κ2) is 15.3. The Kier molecular flexibility index (Phi) is 10.7. The zero-order valence-corrected chi connectivity index (χ0v) is 36.8. The molecule has 5 aromatic carbocycles. The molecule has 5 aromatic rings. The highest BCUT2D eigenvalue weighted by Gasteiger charge is 2.45. The fourth-order valence-corrected chi connectivity index (χ4v) is 10.6. The molecule has 0 bridgehead atoms. The van der Waals surface area contributed by atoms with Gasteiger partial charge in [-0.1, -0.05) is 89.0 Å². The maximum Gasteiger partial charge on any atom is 0.225 e. The summed E-state index contributed by atoms with van der Waals surface area (Å²) < 4.78 is 0. The molecular formula is C52H58N4O2. The molecule has 6 heteroatoms. The van der Waals surface area contributed by atoms with Gasteiger partial charge < -0.3 is 0 Å². The molecule has 0 unspecified atom stereocenters. The highest BCUT2D eigenvalue weighted by atomic mass is 16.2. The van der Waals surface area contributed by atoms with Gasteiger partial charge in [0.2, 0.25) is 11.8 Å². The highest BCUT2D eigenvalue weighted by molar-refractivity contribution is 6.13. The molecular weight excluding hydrogens is 713 g/mol. The van der Waals surface area contributed by atoms with Crippen LogP contribution in [0.25, 0.3) is 0 Å². The van der Waals surface area contributed by atoms with Gasteiger partial charge in [-0.3, -0.25) is 29.4 Å². The van der Waals surface area contributed by atoms with Crippen molar-refractivity contribution in [3.8, 4) is 0 Å². The minimum Gasteiger partial charge on any atom is -0.287 e. The second-order valence-corrected chi connectivity index (χ2v) is 17.3. The van der Waals surface area contributed by atoms with Crippen LogP contribution in [0.2, 0.25) is 0 Å². The Labute approximate surface area is 345 Å². The van der Waals surface area contributed by atoms with Gasteiger partial charge in [-0.2, -0.15) is 0 Å². The van der Waals surface area contributed by atoms with Crippen LogP contribution < -0.4 is 0 Å². The number of rotatable bonds is 6. The summed E-state index contributed by atoms with van der Waals surface area (Å²) in [5, 5.41) is 0. The van der Waals surface area contributed by atoms with Gasteiger partial charge in [-0.05, 0) is 156 Å². The van der Waals surface area contributed by atoms with Crippen LogP contribution in [0.3, 0.4) is 0 Å². The highest BCUT2D eigenvalue weighted by Crippen LogP contribution is 2.50. The Bertz CT molecular complexity index is 2330. The van der Waals surface area contributed by atoms with E-state index in [-0.39, 0.29) is 36.0 Å². The minimum absolute atomic E-state index is 0.0715. The fraction of sp³-hybridized carbons (Fsp3) is 0.346. The number of carbonyl (C=O) groups excluding carboxylic acids is 2. The van der Waals surface area contributed by atoms with Crippen LogP contribution in [-0.2, 0) is 9.59 Å². The topological polar surface area (TPSA) is 65.3 Å². The van der Waals surface area contributed by atoms with E-state index in [9.17, 15) is 9.59 Å². The number of carbonyl (C=O) groups is 2. The van der Waals surface area contributed by atoms with E-state index in [0.717, 1.165) is 77.9 Å². The first-order chi connectivity index (χ1) is 27.4. The van der Waals surface area contributed by atoms with Gasteiger partial charge in [0.25, 0.3) is 0 Å². The SMILES string of the molecule is CC(=O)N1C(c2cccc(C3=N[C@@H](c4c(C)cc(C)cc4C)[C@H](c4c(C)cc(C)cc4C)N3C(C)=O)c2)=N[C@@H](c2c(C)cc(C)cc2C)[C@@H]1c1c(C)cc(C)cc1C. The summed E-state index contributed by atoms with van der Waals surface area (Å²) in [4.78, 5) is 43.2. The summed E-state index contributed by atoms with van der Waals surface area (Å²) >= 11 is 0. The van der Waals surface area contributed by atoms with Crippen LogP contribution >= 0.6 is 0 Å². The summed E-state index contributed by atoms with van der Waals surface area (Å²) in [5.41, 5.74) is 20.2. The number of hydrogen-bond acceptors (Lipinski definition) is 4. The molecule has 0 aromatic heterocycles. The minimum atomic E-state index is -0.344. The smallest absolute Gasteiger partial charge is 0.225 e. The van der Waals surface area contributed by atoms with Gasteiger partial charge in [-0.25, -0.2) is 0 Å². The van der Waals surface area contributed by atoms with E-state index < -0.39 is 0 Å². The monoisotopic (exact) mass is 770 g/mol. The summed E-state index contributed by atoms with van der Waals surface area (Å²) in [6, 6.07) is 24.5. The third-order valence-corrected chi connectivity index (χ3v) is 12.3. The molecule has 0 saturated heterocycles. The first-order valence-electron chi connectivity index (χ1n) is 20.5. The number of aliphatic imine (C=N–C) groups is 2. The van der Waals surface area contributed by atoms with Gasteiger partial charge in [-0.15, -0.1) is 0 Å². The third-order valence-electron chi connectivity index (χ3n) is 12.3. The van der Waals surface area contributed by atoms with E-state index in [2.05, 4.69) is 138 Å². The number of hydrogen-bond donors (Lipinski definition) is 0. The summed E-state index contributed by atoms with van der Waals surface area (Å²) in [6.45, 7) is 29.0. The van der Waals surface area contributed by atoms with Crippen molar-refractivity contribution in [2.75, 3.05) is 0 Å². The molecule has 2 heterocycles. The third kappa shape index (κ3) is 7.01. The quantitative estimate of drug-likeness (QED) is 0.173. The van der Waals surface area contributed by atoms with Crippen molar-refractivity contribution in [2.24, 2.45) is 9.98 Å². The van der Waals surface area contributed by atoms with E-state index in [1.807, 2.05) is 28.0 Å². The normalized spacial score (nSPS) is 19.1. The van der Waals surface area contributed by atoms with Crippen LogP contribution in [-0.4, -0.2) is 33.3 Å². The predicted octanol–water partition coefficient (Wildman–Crippen LogP) is 11.6. The van der Waals surface area contributed by atoms with E-state index in [1.54, 1.807) is 13.8 Å². The molecule has 2 aliphatic rings. The first kappa shape index (κ1) is 40.6. The van der Waals surface area contributed by atoms with E-state index in [1.165, 1.54) is 22.3 Å². The Morgan fingerprint density at radius 3 is 0.931 bits per heavy atom. The van der Waals surface area contributed by atoms with E-state index >= 15 is 0 Å². The van der Waals surface area contributed by atoms with Crippen molar-refractivity contribution >= 4 is 23.5 Å². The van der Waals surface area contributed by atoms with Gasteiger partial charge in [0, 0.05) is 25.0 Å². The van der Waals surface area contributed by atoms with Gasteiger partial charge in [0.1, 0.15) is 23.8 Å². The lowest BCUT2D eigenvalue weighted by molar-refractivity contribution is -0.127. The molecule has 4 atom stereocenters. The largest absolute Gasteiger partial charge is 0.287 e. The van der Waals surface area contributed by atoms with Crippen LogP contribution in [0.5, 0.6) is 0 Å².